The van der Waals surface area contributed by atoms with Gasteiger partial charge in [0.05, 0.1) is 19.8 Å². The van der Waals surface area contributed by atoms with Gasteiger partial charge in [-0.3, -0.25) is 4.79 Å². The van der Waals surface area contributed by atoms with E-state index in [9.17, 15) is 9.90 Å². The monoisotopic (exact) mass is 295 g/mol. The van der Waals surface area contributed by atoms with Crippen molar-refractivity contribution in [2.24, 2.45) is 11.3 Å². The van der Waals surface area contributed by atoms with Crippen LogP contribution in [0.3, 0.4) is 0 Å². The summed E-state index contributed by atoms with van der Waals surface area (Å²) in [6, 6.07) is 5.38. The highest BCUT2D eigenvalue weighted by molar-refractivity contribution is 6.31. The van der Waals surface area contributed by atoms with Gasteiger partial charge in [-0.25, -0.2) is 0 Å². The summed E-state index contributed by atoms with van der Waals surface area (Å²) in [7, 11) is 0. The summed E-state index contributed by atoms with van der Waals surface area (Å²) in [5.41, 5.74) is 1.29. The lowest BCUT2D eigenvalue weighted by molar-refractivity contribution is 0.0631. The maximum absolute atomic E-state index is 12.5. The molecule has 3 rings (SSSR count). The number of fused-ring (bicyclic) bond motifs is 1. The molecule has 0 saturated carbocycles. The fourth-order valence-electron chi connectivity index (χ4n) is 3.12. The quantitative estimate of drug-likeness (QED) is 0.904. The van der Waals surface area contributed by atoms with Crippen molar-refractivity contribution in [1.82, 2.24) is 4.90 Å². The lowest BCUT2D eigenvalue weighted by Gasteiger charge is -2.24. The summed E-state index contributed by atoms with van der Waals surface area (Å²) in [6.45, 7) is 4.33. The summed E-state index contributed by atoms with van der Waals surface area (Å²) in [5.74, 6) is 0.214. The summed E-state index contributed by atoms with van der Waals surface area (Å²) in [4.78, 5) is 14.4. The molecule has 0 bridgehead atoms. The minimum Gasteiger partial charge on any atom is -0.396 e. The van der Waals surface area contributed by atoms with Crippen molar-refractivity contribution in [2.75, 3.05) is 32.9 Å². The number of hydrogen-bond donors (Lipinski definition) is 1. The van der Waals surface area contributed by atoms with E-state index in [2.05, 4.69) is 0 Å². The Hall–Kier alpha value is -1.10. The van der Waals surface area contributed by atoms with Crippen molar-refractivity contribution in [3.8, 4) is 0 Å². The number of aliphatic hydroxyl groups is 1. The summed E-state index contributed by atoms with van der Waals surface area (Å²) < 4.78 is 5.46. The average Bonchev–Trinajstić information content (AvgIpc) is 2.98. The molecule has 0 aliphatic carbocycles. The first-order valence-corrected chi connectivity index (χ1v) is 7.17. The molecule has 2 heterocycles. The molecule has 0 unspecified atom stereocenters. The minimum absolute atomic E-state index is 0.0193. The predicted octanol–water partition coefficient (Wildman–Crippen LogP) is 1.73. The smallest absolute Gasteiger partial charge is 0.253 e. The van der Waals surface area contributed by atoms with Crippen LogP contribution in [0.1, 0.15) is 15.9 Å². The van der Waals surface area contributed by atoms with E-state index in [1.165, 1.54) is 0 Å². The average molecular weight is 296 g/mol. The van der Waals surface area contributed by atoms with Gasteiger partial charge in [-0.05, 0) is 24.6 Å². The van der Waals surface area contributed by atoms with Crippen LogP contribution < -0.4 is 0 Å². The number of aliphatic hydroxyl groups excluding tert-OH is 1. The maximum atomic E-state index is 12.5. The first-order valence-electron chi connectivity index (χ1n) is 6.80. The lowest BCUT2D eigenvalue weighted by atomic mass is 9.82. The molecule has 1 aromatic rings. The van der Waals surface area contributed by atoms with Crippen molar-refractivity contribution in [3.63, 3.8) is 0 Å². The molecule has 2 aliphatic heterocycles. The fraction of sp³-hybridized carbons (Fsp3) is 0.533. The number of hydrogen-bond acceptors (Lipinski definition) is 3. The zero-order chi connectivity index (χ0) is 14.3. The number of carbonyl (C=O) groups excluding carboxylic acids is 1. The van der Waals surface area contributed by atoms with E-state index in [4.69, 9.17) is 16.3 Å². The normalized spacial score (nSPS) is 28.8. The highest BCUT2D eigenvalue weighted by Crippen LogP contribution is 2.41. The van der Waals surface area contributed by atoms with Crippen molar-refractivity contribution in [1.29, 1.82) is 0 Å². The van der Waals surface area contributed by atoms with E-state index in [1.54, 1.807) is 12.1 Å². The van der Waals surface area contributed by atoms with Crippen molar-refractivity contribution < 1.29 is 14.6 Å². The molecule has 2 aliphatic rings. The number of halogens is 1. The van der Waals surface area contributed by atoms with Crippen molar-refractivity contribution in [2.45, 2.75) is 6.92 Å². The minimum atomic E-state index is -0.274. The van der Waals surface area contributed by atoms with Crippen LogP contribution in [0.25, 0.3) is 0 Å². The number of aryl methyl sites for hydroxylation is 1. The van der Waals surface area contributed by atoms with Gasteiger partial charge in [-0.2, -0.15) is 0 Å². The molecule has 1 aromatic carbocycles. The van der Waals surface area contributed by atoms with E-state index in [1.807, 2.05) is 17.9 Å². The van der Waals surface area contributed by atoms with Gasteiger partial charge in [-0.1, -0.05) is 17.7 Å². The maximum Gasteiger partial charge on any atom is 0.253 e. The van der Waals surface area contributed by atoms with Crippen molar-refractivity contribution in [3.05, 3.63) is 34.3 Å². The largest absolute Gasteiger partial charge is 0.396 e. The Bertz CT molecular complexity index is 548. The third kappa shape index (κ3) is 2.12. The predicted molar refractivity (Wildman–Crippen MR) is 75.9 cm³/mol. The van der Waals surface area contributed by atoms with E-state index in [0.29, 0.717) is 36.9 Å². The first kappa shape index (κ1) is 13.9. The van der Waals surface area contributed by atoms with Gasteiger partial charge in [0.15, 0.2) is 0 Å². The SMILES string of the molecule is Cc1ccc(C(=O)N2C[C@H]3COC[C@@]3(CO)C2)cc1Cl. The third-order valence-electron chi connectivity index (χ3n) is 4.54. The summed E-state index contributed by atoms with van der Waals surface area (Å²) in [5, 5.41) is 10.2. The topological polar surface area (TPSA) is 49.8 Å². The molecule has 2 atom stereocenters. The second-order valence-electron chi connectivity index (χ2n) is 5.88. The molecule has 20 heavy (non-hydrogen) atoms. The Kier molecular flexibility index (Phi) is 3.48. The zero-order valence-corrected chi connectivity index (χ0v) is 12.2. The van der Waals surface area contributed by atoms with Crippen LogP contribution >= 0.6 is 11.6 Å². The number of rotatable bonds is 2. The zero-order valence-electron chi connectivity index (χ0n) is 11.4. The summed E-state index contributed by atoms with van der Waals surface area (Å²) in [6.07, 6.45) is 0. The van der Waals surface area contributed by atoms with Crippen LogP contribution in [0.2, 0.25) is 5.02 Å². The van der Waals surface area contributed by atoms with E-state index in [-0.39, 0.29) is 23.8 Å². The second kappa shape index (κ2) is 5.02. The molecular weight excluding hydrogens is 278 g/mol. The Morgan fingerprint density at radius 3 is 3.05 bits per heavy atom. The molecule has 2 saturated heterocycles. The van der Waals surface area contributed by atoms with E-state index < -0.39 is 0 Å². The Morgan fingerprint density at radius 2 is 2.40 bits per heavy atom. The van der Waals surface area contributed by atoms with Crippen LogP contribution in [0.5, 0.6) is 0 Å². The van der Waals surface area contributed by atoms with Crippen LogP contribution in [0, 0.1) is 18.3 Å². The van der Waals surface area contributed by atoms with Crippen LogP contribution in [-0.4, -0.2) is 48.8 Å². The number of carbonyl (C=O) groups is 1. The van der Waals surface area contributed by atoms with Gasteiger partial charge < -0.3 is 14.7 Å². The van der Waals surface area contributed by atoms with Gasteiger partial charge in [0.25, 0.3) is 5.91 Å². The molecule has 0 radical (unpaired) electrons. The number of likely N-dealkylation sites (tertiary alicyclic amines) is 1. The standard InChI is InChI=1S/C15H18ClNO3/c1-10-2-3-11(4-13(10)16)14(19)17-5-12-6-20-9-15(12,7-17)8-18/h2-4,12,18H,5-9H2,1H3/t12-,15-/m0/s1. The van der Waals surface area contributed by atoms with Gasteiger partial charge in [0, 0.05) is 35.0 Å². The number of benzene rings is 1. The highest BCUT2D eigenvalue weighted by atomic mass is 35.5. The van der Waals surface area contributed by atoms with Crippen LogP contribution in [0.4, 0.5) is 0 Å². The van der Waals surface area contributed by atoms with Gasteiger partial charge in [-0.15, -0.1) is 0 Å². The first-order chi connectivity index (χ1) is 9.55. The van der Waals surface area contributed by atoms with E-state index >= 15 is 0 Å². The van der Waals surface area contributed by atoms with Gasteiger partial charge >= 0.3 is 0 Å². The molecule has 2 fully saturated rings. The lowest BCUT2D eigenvalue weighted by Crippen LogP contribution is -2.36. The fourth-order valence-corrected chi connectivity index (χ4v) is 3.30. The number of nitrogens with zero attached hydrogens (tertiary/aromatic N) is 1. The number of ether oxygens (including phenoxy) is 1. The van der Waals surface area contributed by atoms with Crippen molar-refractivity contribution >= 4 is 17.5 Å². The molecule has 108 valence electrons. The molecule has 0 spiro atoms. The molecule has 4 nitrogen and oxygen atoms in total. The van der Waals surface area contributed by atoms with Crippen LogP contribution in [-0.2, 0) is 4.74 Å². The second-order valence-corrected chi connectivity index (χ2v) is 6.29. The van der Waals surface area contributed by atoms with Crippen LogP contribution in [0.15, 0.2) is 18.2 Å². The third-order valence-corrected chi connectivity index (χ3v) is 4.95. The van der Waals surface area contributed by atoms with E-state index in [0.717, 1.165) is 5.56 Å². The molecule has 5 heteroatoms. The highest BCUT2D eigenvalue weighted by Gasteiger charge is 2.51. The van der Waals surface area contributed by atoms with Gasteiger partial charge in [0.2, 0.25) is 0 Å². The van der Waals surface area contributed by atoms with Gasteiger partial charge in [0.1, 0.15) is 0 Å². The Labute approximate surface area is 123 Å². The Balaban J connectivity index is 1.80. The summed E-state index contributed by atoms with van der Waals surface area (Å²) >= 11 is 6.08. The molecular formula is C15H18ClNO3. The number of amides is 1. The molecule has 1 amide bonds. The molecule has 1 N–H and O–H groups in total. The molecule has 0 aromatic heterocycles. The Morgan fingerprint density at radius 1 is 1.60 bits per heavy atom.